The van der Waals surface area contributed by atoms with E-state index in [-0.39, 0.29) is 19.3 Å². The zero-order valence-electron chi connectivity index (χ0n) is 11.6. The summed E-state index contributed by atoms with van der Waals surface area (Å²) in [6, 6.07) is 3.61. The molecule has 0 bridgehead atoms. The van der Waals surface area contributed by atoms with Gasteiger partial charge in [0.25, 0.3) is 5.91 Å². The van der Waals surface area contributed by atoms with Crippen molar-refractivity contribution in [3.8, 4) is 17.2 Å². The Morgan fingerprint density at radius 2 is 2.15 bits per heavy atom. The van der Waals surface area contributed by atoms with Crippen molar-refractivity contribution in [1.29, 1.82) is 0 Å². The van der Waals surface area contributed by atoms with Crippen molar-refractivity contribution in [3.05, 3.63) is 17.7 Å². The summed E-state index contributed by atoms with van der Waals surface area (Å²) in [7, 11) is 0. The molecule has 0 aliphatic carbocycles. The van der Waals surface area contributed by atoms with Crippen LogP contribution in [0, 0.1) is 0 Å². The lowest BCUT2D eigenvalue weighted by atomic mass is 10.1. The van der Waals surface area contributed by atoms with Gasteiger partial charge in [0.1, 0.15) is 5.75 Å². The van der Waals surface area contributed by atoms with E-state index in [1.807, 2.05) is 13.0 Å². The Morgan fingerprint density at radius 1 is 1.40 bits per heavy atom. The quantitative estimate of drug-likeness (QED) is 0.772. The van der Waals surface area contributed by atoms with Gasteiger partial charge >= 0.3 is 0 Å². The molecular weight excluding hydrogens is 260 g/mol. The molecule has 3 N–H and O–H groups in total. The maximum Gasteiger partial charge on any atom is 0.257 e. The van der Waals surface area contributed by atoms with Crippen LogP contribution in [0.15, 0.2) is 12.1 Å². The highest BCUT2D eigenvalue weighted by molar-refractivity contribution is 5.77. The molecule has 1 aliphatic rings. The lowest BCUT2D eigenvalue weighted by Gasteiger charge is -2.12. The lowest BCUT2D eigenvalue weighted by Crippen LogP contribution is -2.29. The second-order valence-corrected chi connectivity index (χ2v) is 4.49. The van der Waals surface area contributed by atoms with Crippen molar-refractivity contribution in [3.63, 3.8) is 0 Å². The second kappa shape index (κ2) is 7.00. The van der Waals surface area contributed by atoms with E-state index in [0.29, 0.717) is 36.8 Å². The summed E-state index contributed by atoms with van der Waals surface area (Å²) >= 11 is 0. The monoisotopic (exact) mass is 280 g/mol. The Balaban J connectivity index is 2.04. The third-order valence-electron chi connectivity index (χ3n) is 2.90. The Bertz CT molecular complexity index is 476. The third-order valence-corrected chi connectivity index (χ3v) is 2.90. The molecule has 0 fully saturated rings. The molecule has 6 heteroatoms. The predicted octanol–water partition coefficient (Wildman–Crippen LogP) is 0.822. The molecule has 1 amide bonds. The normalized spacial score (nSPS) is 12.3. The first-order valence-electron chi connectivity index (χ1n) is 6.76. The number of benzene rings is 1. The third kappa shape index (κ3) is 3.54. The smallest absolute Gasteiger partial charge is 0.257 e. The zero-order chi connectivity index (χ0) is 14.4. The van der Waals surface area contributed by atoms with Gasteiger partial charge < -0.3 is 25.3 Å². The van der Waals surface area contributed by atoms with E-state index in [0.717, 1.165) is 12.0 Å². The van der Waals surface area contributed by atoms with Crippen LogP contribution in [0.2, 0.25) is 0 Å². The summed E-state index contributed by atoms with van der Waals surface area (Å²) in [5.41, 5.74) is 6.51. The molecule has 0 radical (unpaired) electrons. The summed E-state index contributed by atoms with van der Waals surface area (Å²) in [5.74, 6) is 1.81. The molecule has 6 nitrogen and oxygen atoms in total. The predicted molar refractivity (Wildman–Crippen MR) is 74.1 cm³/mol. The van der Waals surface area contributed by atoms with Crippen LogP contribution >= 0.6 is 0 Å². The molecule has 1 aromatic rings. The maximum atomic E-state index is 11.6. The van der Waals surface area contributed by atoms with Gasteiger partial charge in [0.2, 0.25) is 6.79 Å². The van der Waals surface area contributed by atoms with Crippen molar-refractivity contribution in [2.45, 2.75) is 19.8 Å². The number of rotatable bonds is 7. The standard InChI is InChI=1S/C14H20N2O4/c1-2-5-16-14(17)8-18-11-7-13-12(19-9-20-13)6-10(11)3-4-15/h6-7H,2-5,8-9,15H2,1H3,(H,16,17). The maximum absolute atomic E-state index is 11.6. The van der Waals surface area contributed by atoms with E-state index >= 15 is 0 Å². The molecule has 110 valence electrons. The zero-order valence-corrected chi connectivity index (χ0v) is 11.6. The first-order chi connectivity index (χ1) is 9.74. The molecule has 0 aromatic heterocycles. The minimum absolute atomic E-state index is 0.0167. The molecule has 0 saturated carbocycles. The van der Waals surface area contributed by atoms with Crippen LogP contribution in [0.25, 0.3) is 0 Å². The molecule has 0 unspecified atom stereocenters. The fraction of sp³-hybridized carbons (Fsp3) is 0.500. The van der Waals surface area contributed by atoms with Gasteiger partial charge in [0.05, 0.1) is 0 Å². The van der Waals surface area contributed by atoms with E-state index in [1.165, 1.54) is 0 Å². The molecule has 1 heterocycles. The van der Waals surface area contributed by atoms with Gasteiger partial charge in [-0.05, 0) is 31.0 Å². The van der Waals surface area contributed by atoms with E-state index in [2.05, 4.69) is 5.32 Å². The fourth-order valence-electron chi connectivity index (χ4n) is 1.91. The van der Waals surface area contributed by atoms with Gasteiger partial charge in [0, 0.05) is 12.6 Å². The van der Waals surface area contributed by atoms with Crippen molar-refractivity contribution in [2.24, 2.45) is 5.73 Å². The van der Waals surface area contributed by atoms with Crippen molar-refractivity contribution in [1.82, 2.24) is 5.32 Å². The summed E-state index contributed by atoms with van der Waals surface area (Å²) in [6.45, 7) is 3.34. The summed E-state index contributed by atoms with van der Waals surface area (Å²) < 4.78 is 16.2. The Labute approximate surface area is 118 Å². The van der Waals surface area contributed by atoms with Gasteiger partial charge in [-0.25, -0.2) is 0 Å². The number of amides is 1. The van der Waals surface area contributed by atoms with E-state index in [9.17, 15) is 4.79 Å². The SMILES string of the molecule is CCCNC(=O)COc1cc2c(cc1CCN)OCO2. The molecule has 2 rings (SSSR count). The molecule has 1 aliphatic heterocycles. The van der Waals surface area contributed by atoms with Crippen LogP contribution in [-0.2, 0) is 11.2 Å². The molecular formula is C14H20N2O4. The number of hydrogen-bond donors (Lipinski definition) is 2. The minimum atomic E-state index is -0.136. The largest absolute Gasteiger partial charge is 0.483 e. The van der Waals surface area contributed by atoms with Crippen LogP contribution in [0.1, 0.15) is 18.9 Å². The topological polar surface area (TPSA) is 82.8 Å². The average molecular weight is 280 g/mol. The molecule has 20 heavy (non-hydrogen) atoms. The Morgan fingerprint density at radius 3 is 2.85 bits per heavy atom. The molecule has 0 atom stereocenters. The van der Waals surface area contributed by atoms with Crippen LogP contribution in [0.5, 0.6) is 17.2 Å². The highest BCUT2D eigenvalue weighted by Gasteiger charge is 2.18. The number of nitrogens with one attached hydrogen (secondary N) is 1. The fourth-order valence-corrected chi connectivity index (χ4v) is 1.91. The van der Waals surface area contributed by atoms with Gasteiger partial charge in [-0.1, -0.05) is 6.92 Å². The number of carbonyl (C=O) groups is 1. The number of nitrogens with two attached hydrogens (primary N) is 1. The highest BCUT2D eigenvalue weighted by Crippen LogP contribution is 2.38. The molecule has 0 spiro atoms. The van der Waals surface area contributed by atoms with Crippen LogP contribution in [0.4, 0.5) is 0 Å². The molecule has 0 saturated heterocycles. The average Bonchev–Trinajstić information content (AvgIpc) is 2.90. The van der Waals surface area contributed by atoms with Crippen LogP contribution in [-0.4, -0.2) is 32.4 Å². The van der Waals surface area contributed by atoms with Crippen molar-refractivity contribution in [2.75, 3.05) is 26.5 Å². The Kier molecular flexibility index (Phi) is 5.06. The van der Waals surface area contributed by atoms with Gasteiger partial charge in [-0.2, -0.15) is 0 Å². The first-order valence-corrected chi connectivity index (χ1v) is 6.76. The number of carbonyl (C=O) groups excluding carboxylic acids is 1. The van der Waals surface area contributed by atoms with Crippen LogP contribution in [0.3, 0.4) is 0 Å². The number of hydrogen-bond acceptors (Lipinski definition) is 5. The summed E-state index contributed by atoms with van der Waals surface area (Å²) in [4.78, 5) is 11.6. The van der Waals surface area contributed by atoms with Crippen molar-refractivity contribution >= 4 is 5.91 Å². The summed E-state index contributed by atoms with van der Waals surface area (Å²) in [5, 5.41) is 2.76. The van der Waals surface area contributed by atoms with Gasteiger partial charge in [-0.15, -0.1) is 0 Å². The number of ether oxygens (including phenoxy) is 3. The number of fused-ring (bicyclic) bond motifs is 1. The molecule has 1 aromatic carbocycles. The highest BCUT2D eigenvalue weighted by atomic mass is 16.7. The van der Waals surface area contributed by atoms with Gasteiger partial charge in [-0.3, -0.25) is 4.79 Å². The van der Waals surface area contributed by atoms with Crippen molar-refractivity contribution < 1.29 is 19.0 Å². The summed E-state index contributed by atoms with van der Waals surface area (Å²) in [6.07, 6.45) is 1.55. The minimum Gasteiger partial charge on any atom is -0.483 e. The Hall–Kier alpha value is -1.95. The second-order valence-electron chi connectivity index (χ2n) is 4.49. The van der Waals surface area contributed by atoms with E-state index in [1.54, 1.807) is 6.07 Å². The van der Waals surface area contributed by atoms with Crippen LogP contribution < -0.4 is 25.3 Å². The van der Waals surface area contributed by atoms with E-state index < -0.39 is 0 Å². The first kappa shape index (κ1) is 14.5. The van der Waals surface area contributed by atoms with E-state index in [4.69, 9.17) is 19.9 Å². The van der Waals surface area contributed by atoms with Gasteiger partial charge in [0.15, 0.2) is 18.1 Å². The lowest BCUT2D eigenvalue weighted by molar-refractivity contribution is -0.123.